The molecule has 4 amide bonds. The van der Waals surface area contributed by atoms with Crippen LogP contribution in [-0.4, -0.2) is 36.8 Å². The van der Waals surface area contributed by atoms with E-state index in [4.69, 9.17) is 9.47 Å². The highest BCUT2D eigenvalue weighted by molar-refractivity contribution is 5.96. The number of benzene rings is 2. The van der Waals surface area contributed by atoms with Gasteiger partial charge in [-0.05, 0) is 55.0 Å². The fourth-order valence-corrected chi connectivity index (χ4v) is 2.65. The van der Waals surface area contributed by atoms with E-state index in [1.165, 1.54) is 0 Å². The van der Waals surface area contributed by atoms with Crippen LogP contribution in [0.2, 0.25) is 0 Å². The van der Waals surface area contributed by atoms with Crippen molar-refractivity contribution in [3.8, 4) is 11.5 Å². The Balaban J connectivity index is 1.62. The third-order valence-corrected chi connectivity index (χ3v) is 4.41. The van der Waals surface area contributed by atoms with Crippen LogP contribution in [0.25, 0.3) is 0 Å². The number of hydrazine groups is 2. The third-order valence-electron chi connectivity index (χ3n) is 4.41. The van der Waals surface area contributed by atoms with E-state index in [-0.39, 0.29) is 19.3 Å². The van der Waals surface area contributed by atoms with E-state index in [1.54, 1.807) is 60.7 Å². The Kier molecular flexibility index (Phi) is 11.1. The number of nitrogens with one attached hydrogen (secondary N) is 4. The van der Waals surface area contributed by atoms with Gasteiger partial charge in [-0.15, -0.1) is 0 Å². The molecule has 0 aliphatic heterocycles. The van der Waals surface area contributed by atoms with Gasteiger partial charge in [0, 0.05) is 24.0 Å². The molecule has 0 heterocycles. The maximum absolute atomic E-state index is 12.1. The van der Waals surface area contributed by atoms with Gasteiger partial charge in [-0.1, -0.05) is 25.3 Å². The SMILES string of the molecule is C=CCOc1ccc(C(=O)NNC(=O)CCCC(=O)NNC(=O)c2ccc(OCC=C)cc2)cc1. The molecule has 0 unspecified atom stereocenters. The molecule has 10 nitrogen and oxygen atoms in total. The molecule has 0 fully saturated rings. The number of hydrogen-bond acceptors (Lipinski definition) is 6. The zero-order valence-electron chi connectivity index (χ0n) is 19.2. The number of carbonyl (C=O) groups is 4. The highest BCUT2D eigenvalue weighted by Crippen LogP contribution is 2.13. The standard InChI is InChI=1S/C25H28N4O6/c1-3-16-34-20-12-8-18(9-13-20)24(32)28-26-22(30)6-5-7-23(31)27-29-25(33)19-10-14-21(15-11-19)35-17-4-2/h3-4,8-15H,1-2,5-7,16-17H2,(H,26,30)(H,27,31)(H,28,32)(H,29,33). The summed E-state index contributed by atoms with van der Waals surface area (Å²) in [4.78, 5) is 48.0. The minimum Gasteiger partial charge on any atom is -0.490 e. The van der Waals surface area contributed by atoms with Crippen molar-refractivity contribution in [3.63, 3.8) is 0 Å². The molecule has 35 heavy (non-hydrogen) atoms. The molecule has 2 aromatic carbocycles. The summed E-state index contributed by atoms with van der Waals surface area (Å²) in [7, 11) is 0. The first-order valence-electron chi connectivity index (χ1n) is 10.8. The van der Waals surface area contributed by atoms with E-state index in [1.807, 2.05) is 0 Å². The molecule has 0 atom stereocenters. The molecule has 0 spiro atoms. The van der Waals surface area contributed by atoms with Gasteiger partial charge < -0.3 is 9.47 Å². The van der Waals surface area contributed by atoms with Crippen molar-refractivity contribution in [2.75, 3.05) is 13.2 Å². The van der Waals surface area contributed by atoms with Crippen LogP contribution in [0.4, 0.5) is 0 Å². The third kappa shape index (κ3) is 9.82. The number of ether oxygens (including phenoxy) is 2. The molecular weight excluding hydrogens is 452 g/mol. The van der Waals surface area contributed by atoms with Crippen LogP contribution in [-0.2, 0) is 9.59 Å². The van der Waals surface area contributed by atoms with Crippen LogP contribution in [0.3, 0.4) is 0 Å². The molecule has 10 heteroatoms. The van der Waals surface area contributed by atoms with E-state index in [0.29, 0.717) is 35.8 Å². The highest BCUT2D eigenvalue weighted by Gasteiger charge is 2.10. The Labute approximate surface area is 203 Å². The second kappa shape index (κ2) is 14.5. The Morgan fingerprint density at radius 3 is 1.34 bits per heavy atom. The lowest BCUT2D eigenvalue weighted by Crippen LogP contribution is -2.42. The smallest absolute Gasteiger partial charge is 0.269 e. The monoisotopic (exact) mass is 480 g/mol. The van der Waals surface area contributed by atoms with Crippen LogP contribution < -0.4 is 31.2 Å². The van der Waals surface area contributed by atoms with Crippen molar-refractivity contribution < 1.29 is 28.7 Å². The summed E-state index contributed by atoms with van der Waals surface area (Å²) in [5, 5.41) is 0. The predicted molar refractivity (Wildman–Crippen MR) is 129 cm³/mol. The summed E-state index contributed by atoms with van der Waals surface area (Å²) in [6.07, 6.45) is 3.44. The summed E-state index contributed by atoms with van der Waals surface area (Å²) < 4.78 is 10.7. The topological polar surface area (TPSA) is 135 Å². The van der Waals surface area contributed by atoms with Crippen molar-refractivity contribution in [2.45, 2.75) is 19.3 Å². The number of amides is 4. The van der Waals surface area contributed by atoms with Gasteiger partial charge in [0.15, 0.2) is 0 Å². The second-order valence-corrected chi connectivity index (χ2v) is 7.11. The maximum Gasteiger partial charge on any atom is 0.269 e. The average molecular weight is 481 g/mol. The second-order valence-electron chi connectivity index (χ2n) is 7.11. The number of hydrogen-bond donors (Lipinski definition) is 4. The van der Waals surface area contributed by atoms with Crippen LogP contribution in [0.15, 0.2) is 73.8 Å². The van der Waals surface area contributed by atoms with E-state index in [2.05, 4.69) is 34.9 Å². The van der Waals surface area contributed by atoms with Crippen molar-refractivity contribution in [3.05, 3.63) is 85.0 Å². The molecule has 0 bridgehead atoms. The first kappa shape index (κ1) is 26.7. The van der Waals surface area contributed by atoms with Gasteiger partial charge in [-0.25, -0.2) is 0 Å². The summed E-state index contributed by atoms with van der Waals surface area (Å²) in [6, 6.07) is 12.8. The normalized spacial score (nSPS) is 9.83. The van der Waals surface area contributed by atoms with Crippen molar-refractivity contribution in [1.82, 2.24) is 21.7 Å². The summed E-state index contributed by atoms with van der Waals surface area (Å²) in [6.45, 7) is 7.82. The van der Waals surface area contributed by atoms with Gasteiger partial charge in [0.25, 0.3) is 11.8 Å². The van der Waals surface area contributed by atoms with Crippen molar-refractivity contribution in [2.24, 2.45) is 0 Å². The van der Waals surface area contributed by atoms with E-state index in [0.717, 1.165) is 0 Å². The number of carbonyl (C=O) groups excluding carboxylic acids is 4. The molecular formula is C25H28N4O6. The molecule has 2 aromatic rings. The van der Waals surface area contributed by atoms with Crippen molar-refractivity contribution >= 4 is 23.6 Å². The Morgan fingerprint density at radius 1 is 0.629 bits per heavy atom. The molecule has 0 aromatic heterocycles. The zero-order valence-corrected chi connectivity index (χ0v) is 19.2. The van der Waals surface area contributed by atoms with E-state index < -0.39 is 23.6 Å². The lowest BCUT2D eigenvalue weighted by molar-refractivity contribution is -0.123. The van der Waals surface area contributed by atoms with Crippen LogP contribution in [0.5, 0.6) is 11.5 Å². The van der Waals surface area contributed by atoms with Crippen LogP contribution in [0, 0.1) is 0 Å². The van der Waals surface area contributed by atoms with Gasteiger partial charge >= 0.3 is 0 Å². The molecule has 2 rings (SSSR count). The predicted octanol–water partition coefficient (Wildman–Crippen LogP) is 2.21. The molecule has 0 radical (unpaired) electrons. The first-order valence-corrected chi connectivity index (χ1v) is 10.8. The molecule has 0 saturated heterocycles. The Morgan fingerprint density at radius 2 is 1.00 bits per heavy atom. The quantitative estimate of drug-likeness (QED) is 0.272. The lowest BCUT2D eigenvalue weighted by Gasteiger charge is -2.09. The summed E-state index contributed by atoms with van der Waals surface area (Å²) in [5.41, 5.74) is 9.87. The van der Waals surface area contributed by atoms with Crippen LogP contribution in [0.1, 0.15) is 40.0 Å². The fraction of sp³-hybridized carbons (Fsp3) is 0.200. The Bertz CT molecular complexity index is 951. The summed E-state index contributed by atoms with van der Waals surface area (Å²) in [5.74, 6) is -0.720. The molecule has 4 N–H and O–H groups in total. The molecule has 0 saturated carbocycles. The largest absolute Gasteiger partial charge is 0.490 e. The lowest BCUT2D eigenvalue weighted by atomic mass is 10.2. The van der Waals surface area contributed by atoms with Gasteiger partial charge in [-0.3, -0.25) is 40.9 Å². The van der Waals surface area contributed by atoms with Gasteiger partial charge in [0.2, 0.25) is 11.8 Å². The number of rotatable bonds is 12. The maximum atomic E-state index is 12.1. The molecule has 0 aliphatic carbocycles. The van der Waals surface area contributed by atoms with Crippen LogP contribution >= 0.6 is 0 Å². The van der Waals surface area contributed by atoms with Gasteiger partial charge in [-0.2, -0.15) is 0 Å². The molecule has 0 aliphatic rings. The zero-order chi connectivity index (χ0) is 25.5. The first-order chi connectivity index (χ1) is 16.9. The average Bonchev–Trinajstić information content (AvgIpc) is 2.88. The van der Waals surface area contributed by atoms with Gasteiger partial charge in [0.05, 0.1) is 0 Å². The van der Waals surface area contributed by atoms with E-state index >= 15 is 0 Å². The van der Waals surface area contributed by atoms with Crippen molar-refractivity contribution in [1.29, 1.82) is 0 Å². The minimum absolute atomic E-state index is 0.00213. The molecule has 184 valence electrons. The van der Waals surface area contributed by atoms with Gasteiger partial charge in [0.1, 0.15) is 24.7 Å². The summed E-state index contributed by atoms with van der Waals surface area (Å²) >= 11 is 0. The fourth-order valence-electron chi connectivity index (χ4n) is 2.65. The van der Waals surface area contributed by atoms with E-state index in [9.17, 15) is 19.2 Å². The Hall–Kier alpha value is -4.60. The highest BCUT2D eigenvalue weighted by atomic mass is 16.5. The minimum atomic E-state index is -0.491.